The predicted molar refractivity (Wildman–Crippen MR) is 111 cm³/mol. The van der Waals surface area contributed by atoms with E-state index in [1.807, 2.05) is 22.9 Å². The van der Waals surface area contributed by atoms with Crippen molar-refractivity contribution in [3.63, 3.8) is 0 Å². The van der Waals surface area contributed by atoms with Gasteiger partial charge >= 0.3 is 6.09 Å². The lowest BCUT2D eigenvalue weighted by molar-refractivity contribution is -0.118. The van der Waals surface area contributed by atoms with Crippen LogP contribution in [0.15, 0.2) is 35.7 Å². The number of ether oxygens (including phenoxy) is 1. The zero-order valence-corrected chi connectivity index (χ0v) is 17.9. The highest BCUT2D eigenvalue weighted by Gasteiger charge is 2.15. The van der Waals surface area contributed by atoms with Crippen LogP contribution in [0.1, 0.15) is 31.9 Å². The van der Waals surface area contributed by atoms with Crippen LogP contribution in [0.5, 0.6) is 0 Å². The fourth-order valence-electron chi connectivity index (χ4n) is 2.44. The van der Waals surface area contributed by atoms with Gasteiger partial charge in [-0.3, -0.25) is 9.36 Å². The summed E-state index contributed by atoms with van der Waals surface area (Å²) < 4.78 is 7.13. The molecule has 1 aromatic heterocycles. The number of carbonyl (C=O) groups is 2. The molecule has 2 amide bonds. The van der Waals surface area contributed by atoms with Gasteiger partial charge < -0.3 is 15.4 Å². The number of nitrogens with one attached hydrogen (secondary N) is 2. The van der Waals surface area contributed by atoms with Gasteiger partial charge in [-0.25, -0.2) is 9.78 Å². The molecule has 0 saturated heterocycles. The average Bonchev–Trinajstić information content (AvgIpc) is 3.06. The smallest absolute Gasteiger partial charge is 0.407 e. The Balaban J connectivity index is 1.79. The average molecular weight is 405 g/mol. The number of thioether (sulfide) groups is 1. The number of nitrogens with zero attached hydrogens (tertiary/aromatic N) is 2. The van der Waals surface area contributed by atoms with Gasteiger partial charge in [0.1, 0.15) is 5.60 Å². The number of rotatable bonds is 7. The van der Waals surface area contributed by atoms with Crippen LogP contribution in [0.4, 0.5) is 4.79 Å². The van der Waals surface area contributed by atoms with Crippen LogP contribution in [0.3, 0.4) is 0 Å². The first-order valence-corrected chi connectivity index (χ1v) is 10.1. The van der Waals surface area contributed by atoms with Gasteiger partial charge in [0.15, 0.2) is 5.16 Å². The molecule has 8 heteroatoms. The van der Waals surface area contributed by atoms with Crippen molar-refractivity contribution in [3.8, 4) is 5.69 Å². The van der Waals surface area contributed by atoms with E-state index in [1.54, 1.807) is 27.0 Å². The first-order chi connectivity index (χ1) is 13.2. The fourth-order valence-corrected chi connectivity index (χ4v) is 3.23. The Morgan fingerprint density at radius 3 is 2.61 bits per heavy atom. The summed E-state index contributed by atoms with van der Waals surface area (Å²) in [5, 5.41) is 6.14. The minimum absolute atomic E-state index is 0.119. The highest BCUT2D eigenvalue weighted by atomic mass is 32.2. The minimum Gasteiger partial charge on any atom is -0.444 e. The van der Waals surface area contributed by atoms with E-state index in [1.165, 1.54) is 22.9 Å². The first-order valence-electron chi connectivity index (χ1n) is 9.13. The van der Waals surface area contributed by atoms with E-state index >= 15 is 0 Å². The molecule has 1 aromatic carbocycles. The highest BCUT2D eigenvalue weighted by Crippen LogP contribution is 2.24. The topological polar surface area (TPSA) is 85.3 Å². The third-order valence-corrected chi connectivity index (χ3v) is 4.86. The number of hydrogen-bond donors (Lipinski definition) is 2. The Kier molecular flexibility index (Phi) is 7.51. The normalized spacial score (nSPS) is 11.2. The van der Waals surface area contributed by atoms with E-state index in [2.05, 4.69) is 35.5 Å². The zero-order chi connectivity index (χ0) is 20.7. The van der Waals surface area contributed by atoms with Gasteiger partial charge in [-0.05, 0) is 51.8 Å². The quantitative estimate of drug-likeness (QED) is 0.547. The van der Waals surface area contributed by atoms with E-state index < -0.39 is 11.7 Å². The van der Waals surface area contributed by atoms with E-state index in [-0.39, 0.29) is 11.7 Å². The zero-order valence-electron chi connectivity index (χ0n) is 17.0. The van der Waals surface area contributed by atoms with E-state index in [0.717, 1.165) is 10.8 Å². The van der Waals surface area contributed by atoms with Gasteiger partial charge in [-0.1, -0.05) is 23.9 Å². The van der Waals surface area contributed by atoms with Crippen molar-refractivity contribution in [2.45, 2.75) is 45.4 Å². The van der Waals surface area contributed by atoms with Crippen molar-refractivity contribution < 1.29 is 14.3 Å². The number of hydrogen-bond acceptors (Lipinski definition) is 5. The van der Waals surface area contributed by atoms with Crippen LogP contribution >= 0.6 is 11.8 Å². The van der Waals surface area contributed by atoms with Crippen LogP contribution in [0.2, 0.25) is 0 Å². The lowest BCUT2D eigenvalue weighted by atomic mass is 10.1. The molecule has 0 fully saturated rings. The molecule has 0 saturated carbocycles. The summed E-state index contributed by atoms with van der Waals surface area (Å²) >= 11 is 1.37. The maximum Gasteiger partial charge on any atom is 0.407 e. The molecule has 0 unspecified atom stereocenters. The maximum atomic E-state index is 12.1. The van der Waals surface area contributed by atoms with Gasteiger partial charge in [0, 0.05) is 25.5 Å². The van der Waals surface area contributed by atoms with Crippen molar-refractivity contribution in [2.75, 3.05) is 18.8 Å². The molecular weight excluding hydrogens is 376 g/mol. The van der Waals surface area contributed by atoms with Crippen LogP contribution in [-0.4, -0.2) is 46.0 Å². The van der Waals surface area contributed by atoms with Crippen molar-refractivity contribution in [1.29, 1.82) is 0 Å². The van der Waals surface area contributed by atoms with Crippen LogP contribution in [0.25, 0.3) is 5.69 Å². The standard InChI is InChI=1S/C20H28N4O3S/c1-14-7-6-8-16(15(14)2)24-12-11-22-18(24)28-13-17(25)21-9-10-23-19(26)27-20(3,4)5/h6-8,11-12H,9-10,13H2,1-5H3,(H,21,25)(H,23,26). The van der Waals surface area contributed by atoms with Gasteiger partial charge in [0.2, 0.25) is 5.91 Å². The van der Waals surface area contributed by atoms with Gasteiger partial charge in [0.05, 0.1) is 11.4 Å². The largest absolute Gasteiger partial charge is 0.444 e. The van der Waals surface area contributed by atoms with Crippen molar-refractivity contribution in [3.05, 3.63) is 41.7 Å². The summed E-state index contributed by atoms with van der Waals surface area (Å²) in [5.74, 6) is 0.125. The second kappa shape index (κ2) is 9.64. The molecule has 1 heterocycles. The first kappa shape index (κ1) is 21.8. The molecule has 0 radical (unpaired) electrons. The predicted octanol–water partition coefficient (Wildman–Crippen LogP) is 3.22. The third-order valence-electron chi connectivity index (χ3n) is 3.89. The van der Waals surface area contributed by atoms with Crippen LogP contribution < -0.4 is 10.6 Å². The summed E-state index contributed by atoms with van der Waals surface area (Å²) in [4.78, 5) is 28.0. The second-order valence-corrected chi connectivity index (χ2v) is 8.31. The molecule has 2 N–H and O–H groups in total. The summed E-state index contributed by atoms with van der Waals surface area (Å²) in [5.41, 5.74) is 2.90. The molecule has 28 heavy (non-hydrogen) atoms. The van der Waals surface area contributed by atoms with Crippen LogP contribution in [-0.2, 0) is 9.53 Å². The number of aryl methyl sites for hydroxylation is 1. The lowest BCUT2D eigenvalue weighted by Crippen LogP contribution is -2.38. The van der Waals surface area contributed by atoms with E-state index in [4.69, 9.17) is 4.74 Å². The molecule has 152 valence electrons. The van der Waals surface area contributed by atoms with Gasteiger partial charge in [-0.15, -0.1) is 0 Å². The maximum absolute atomic E-state index is 12.1. The Labute approximate surface area is 170 Å². The Morgan fingerprint density at radius 1 is 1.18 bits per heavy atom. The number of alkyl carbamates (subject to hydrolysis) is 1. The summed E-state index contributed by atoms with van der Waals surface area (Å²) in [6.45, 7) is 10.2. The number of imidazole rings is 1. The molecule has 0 atom stereocenters. The summed E-state index contributed by atoms with van der Waals surface area (Å²) in [6.07, 6.45) is 3.13. The van der Waals surface area contributed by atoms with E-state index in [9.17, 15) is 9.59 Å². The molecule has 2 aromatic rings. The lowest BCUT2D eigenvalue weighted by Gasteiger charge is -2.19. The van der Waals surface area contributed by atoms with Crippen molar-refractivity contribution >= 4 is 23.8 Å². The number of benzene rings is 1. The summed E-state index contributed by atoms with van der Waals surface area (Å²) in [6, 6.07) is 6.12. The number of aromatic nitrogens is 2. The Morgan fingerprint density at radius 2 is 1.89 bits per heavy atom. The minimum atomic E-state index is -0.540. The molecule has 2 rings (SSSR count). The molecule has 0 aliphatic heterocycles. The summed E-state index contributed by atoms with van der Waals surface area (Å²) in [7, 11) is 0. The highest BCUT2D eigenvalue weighted by molar-refractivity contribution is 7.99. The number of carbonyl (C=O) groups excluding carboxylic acids is 2. The Bertz CT molecular complexity index is 827. The van der Waals surface area contributed by atoms with Gasteiger partial charge in [-0.2, -0.15) is 0 Å². The van der Waals surface area contributed by atoms with Crippen molar-refractivity contribution in [1.82, 2.24) is 20.2 Å². The Hall–Kier alpha value is -2.48. The molecule has 7 nitrogen and oxygen atoms in total. The monoisotopic (exact) mass is 404 g/mol. The van der Waals surface area contributed by atoms with E-state index in [0.29, 0.717) is 13.1 Å². The van der Waals surface area contributed by atoms with Crippen molar-refractivity contribution in [2.24, 2.45) is 0 Å². The van der Waals surface area contributed by atoms with Crippen LogP contribution in [0, 0.1) is 13.8 Å². The molecule has 0 aliphatic rings. The molecular formula is C20H28N4O3S. The molecule has 0 aliphatic carbocycles. The molecule has 0 spiro atoms. The molecule has 0 bridgehead atoms. The fraction of sp³-hybridized carbons (Fsp3) is 0.450. The SMILES string of the molecule is Cc1cccc(-n2ccnc2SCC(=O)NCCNC(=O)OC(C)(C)C)c1C. The third kappa shape index (κ3) is 6.60. The second-order valence-electron chi connectivity index (χ2n) is 7.37. The number of amides is 2. The van der Waals surface area contributed by atoms with Gasteiger partial charge in [0.25, 0.3) is 0 Å².